The number of carbonyl (C=O) groups excluding carboxylic acids is 2. The Kier molecular flexibility index (Phi) is 7.37. The normalized spacial score (nSPS) is 10.6. The fourth-order valence-electron chi connectivity index (χ4n) is 2.49. The van der Waals surface area contributed by atoms with Gasteiger partial charge in [0.25, 0.3) is 5.91 Å². The molecular formula is C20H22N3O4-. The number of benzene rings is 2. The van der Waals surface area contributed by atoms with E-state index in [0.717, 1.165) is 18.8 Å². The largest absolute Gasteiger partial charge is 0.546 e. The number of carbonyl (C=O) groups is 2. The number of ether oxygens (including phenoxy) is 1. The van der Waals surface area contributed by atoms with Crippen molar-refractivity contribution in [2.24, 2.45) is 5.10 Å². The lowest BCUT2D eigenvalue weighted by atomic mass is 10.2. The third kappa shape index (κ3) is 5.85. The number of amides is 1. The topological polar surface area (TPSA) is 94.1 Å². The molecule has 0 heterocycles. The number of hydrogen-bond acceptors (Lipinski definition) is 6. The van der Waals surface area contributed by atoms with E-state index in [9.17, 15) is 14.7 Å². The molecule has 0 radical (unpaired) electrons. The van der Waals surface area contributed by atoms with Crippen LogP contribution >= 0.6 is 0 Å². The molecular weight excluding hydrogens is 346 g/mol. The van der Waals surface area contributed by atoms with Gasteiger partial charge in [0, 0.05) is 29.9 Å². The summed E-state index contributed by atoms with van der Waals surface area (Å²) in [5, 5.41) is 14.4. The van der Waals surface area contributed by atoms with Crippen LogP contribution in [0.5, 0.6) is 5.75 Å². The van der Waals surface area contributed by atoms with E-state index in [1.165, 1.54) is 6.21 Å². The molecule has 7 nitrogen and oxygen atoms in total. The van der Waals surface area contributed by atoms with Crippen molar-refractivity contribution in [2.45, 2.75) is 13.8 Å². The number of carboxylic acids is 1. The van der Waals surface area contributed by atoms with Crippen LogP contribution in [0.1, 0.15) is 29.8 Å². The first-order valence-electron chi connectivity index (χ1n) is 8.65. The Morgan fingerprint density at radius 2 is 1.78 bits per heavy atom. The van der Waals surface area contributed by atoms with E-state index in [2.05, 4.69) is 29.3 Å². The van der Waals surface area contributed by atoms with Crippen LogP contribution in [0.25, 0.3) is 0 Å². The summed E-state index contributed by atoms with van der Waals surface area (Å²) in [6, 6.07) is 14.0. The van der Waals surface area contributed by atoms with Gasteiger partial charge in [-0.2, -0.15) is 5.10 Å². The van der Waals surface area contributed by atoms with Gasteiger partial charge in [0.2, 0.25) is 0 Å². The molecule has 2 aromatic carbocycles. The van der Waals surface area contributed by atoms with Crippen LogP contribution in [-0.2, 0) is 4.79 Å². The Balaban J connectivity index is 2.00. The summed E-state index contributed by atoms with van der Waals surface area (Å²) in [5.74, 6) is -1.32. The van der Waals surface area contributed by atoms with E-state index >= 15 is 0 Å². The summed E-state index contributed by atoms with van der Waals surface area (Å²) in [6.07, 6.45) is 1.40. The van der Waals surface area contributed by atoms with Crippen molar-refractivity contribution in [2.75, 3.05) is 24.6 Å². The number of hydrogen-bond donors (Lipinski definition) is 1. The lowest BCUT2D eigenvalue weighted by Gasteiger charge is -2.20. The maximum atomic E-state index is 12.2. The monoisotopic (exact) mass is 368 g/mol. The molecule has 27 heavy (non-hydrogen) atoms. The Bertz CT molecular complexity index is 799. The molecule has 2 rings (SSSR count). The fourth-order valence-corrected chi connectivity index (χ4v) is 2.49. The van der Waals surface area contributed by atoms with Gasteiger partial charge in [-0.05, 0) is 50.2 Å². The number of carboxylic acid groups (broad SMARTS) is 1. The third-order valence-corrected chi connectivity index (χ3v) is 3.89. The van der Waals surface area contributed by atoms with Crippen molar-refractivity contribution in [3.63, 3.8) is 0 Å². The number of nitrogens with one attached hydrogen (secondary N) is 1. The van der Waals surface area contributed by atoms with Gasteiger partial charge in [-0.25, -0.2) is 5.43 Å². The summed E-state index contributed by atoms with van der Waals surface area (Å²) in [4.78, 5) is 24.9. The van der Waals surface area contributed by atoms with Crippen LogP contribution < -0.4 is 20.2 Å². The first-order valence-corrected chi connectivity index (χ1v) is 8.65. The third-order valence-electron chi connectivity index (χ3n) is 3.89. The van der Waals surface area contributed by atoms with Crippen molar-refractivity contribution >= 4 is 23.8 Å². The summed E-state index contributed by atoms with van der Waals surface area (Å²) >= 11 is 0. The van der Waals surface area contributed by atoms with Crippen LogP contribution in [0.3, 0.4) is 0 Å². The van der Waals surface area contributed by atoms with Crippen LogP contribution in [0, 0.1) is 0 Å². The van der Waals surface area contributed by atoms with Gasteiger partial charge in [-0.1, -0.05) is 12.1 Å². The van der Waals surface area contributed by atoms with Crippen LogP contribution in [0.4, 0.5) is 5.69 Å². The zero-order valence-corrected chi connectivity index (χ0v) is 15.3. The van der Waals surface area contributed by atoms with E-state index < -0.39 is 12.6 Å². The number of hydrazone groups is 1. The molecule has 1 amide bonds. The van der Waals surface area contributed by atoms with E-state index in [0.29, 0.717) is 16.9 Å². The number of para-hydroxylation sites is 1. The molecule has 1 N–H and O–H groups in total. The van der Waals surface area contributed by atoms with Gasteiger partial charge < -0.3 is 19.5 Å². The highest BCUT2D eigenvalue weighted by molar-refractivity contribution is 5.95. The molecule has 0 fully saturated rings. The highest BCUT2D eigenvalue weighted by atomic mass is 16.5. The van der Waals surface area contributed by atoms with Gasteiger partial charge in [-0.15, -0.1) is 0 Å². The maximum Gasteiger partial charge on any atom is 0.271 e. The Morgan fingerprint density at radius 3 is 2.41 bits per heavy atom. The number of nitrogens with zero attached hydrogens (tertiary/aromatic N) is 2. The maximum absolute atomic E-state index is 12.2. The Morgan fingerprint density at radius 1 is 1.11 bits per heavy atom. The van der Waals surface area contributed by atoms with E-state index in [1.807, 2.05) is 12.1 Å². The average Bonchev–Trinajstić information content (AvgIpc) is 2.68. The molecule has 0 saturated heterocycles. The van der Waals surface area contributed by atoms with Crippen LogP contribution in [-0.4, -0.2) is 37.8 Å². The van der Waals surface area contributed by atoms with Crippen molar-refractivity contribution < 1.29 is 19.4 Å². The molecule has 0 aliphatic carbocycles. The van der Waals surface area contributed by atoms with Gasteiger partial charge in [0.05, 0.1) is 12.2 Å². The molecule has 7 heteroatoms. The standard InChI is InChI=1S/C20H23N3O4/c1-3-23(4-2)17-11-9-15(10-12-17)20(26)22-21-13-16-7-5-6-8-18(16)27-14-19(24)25/h5-13H,3-4,14H2,1-2H3,(H,22,26)(H,24,25)/p-1/b21-13-. The Hall–Kier alpha value is -3.35. The van der Waals surface area contributed by atoms with Crippen LogP contribution in [0.15, 0.2) is 53.6 Å². The van der Waals surface area contributed by atoms with Gasteiger partial charge in [0.1, 0.15) is 12.4 Å². The first-order chi connectivity index (χ1) is 13.0. The highest BCUT2D eigenvalue weighted by Gasteiger charge is 2.07. The number of rotatable bonds is 9. The van der Waals surface area contributed by atoms with Gasteiger partial charge in [0.15, 0.2) is 0 Å². The molecule has 2 aromatic rings. The minimum absolute atomic E-state index is 0.336. The lowest BCUT2D eigenvalue weighted by molar-refractivity contribution is -0.307. The minimum atomic E-state index is -1.32. The number of anilines is 1. The highest BCUT2D eigenvalue weighted by Crippen LogP contribution is 2.16. The molecule has 0 saturated carbocycles. The molecule has 0 atom stereocenters. The second kappa shape index (κ2) is 9.96. The van der Waals surface area contributed by atoms with E-state index in [1.54, 1.807) is 36.4 Å². The quantitative estimate of drug-likeness (QED) is 0.534. The lowest BCUT2D eigenvalue weighted by Crippen LogP contribution is -2.29. The molecule has 142 valence electrons. The predicted molar refractivity (Wildman–Crippen MR) is 102 cm³/mol. The van der Waals surface area contributed by atoms with E-state index in [-0.39, 0.29) is 5.91 Å². The van der Waals surface area contributed by atoms with Crippen molar-refractivity contribution in [1.29, 1.82) is 0 Å². The molecule has 0 bridgehead atoms. The summed E-state index contributed by atoms with van der Waals surface area (Å²) in [7, 11) is 0. The molecule has 0 unspecified atom stereocenters. The number of aliphatic carboxylic acids is 1. The van der Waals surface area contributed by atoms with Crippen LogP contribution in [0.2, 0.25) is 0 Å². The average molecular weight is 368 g/mol. The van der Waals surface area contributed by atoms with Crippen molar-refractivity contribution in [3.8, 4) is 5.75 Å². The van der Waals surface area contributed by atoms with Gasteiger partial charge >= 0.3 is 0 Å². The zero-order chi connectivity index (χ0) is 19.6. The second-order valence-electron chi connectivity index (χ2n) is 5.62. The van der Waals surface area contributed by atoms with Crippen molar-refractivity contribution in [1.82, 2.24) is 5.43 Å². The Labute approximate surface area is 158 Å². The predicted octanol–water partition coefficient (Wildman–Crippen LogP) is 1.43. The molecule has 0 aromatic heterocycles. The van der Waals surface area contributed by atoms with Crippen molar-refractivity contribution in [3.05, 3.63) is 59.7 Å². The SMILES string of the molecule is CCN(CC)c1ccc(C(=O)N/N=C\c2ccccc2OCC(=O)[O-])cc1. The molecule has 0 aliphatic heterocycles. The fraction of sp³-hybridized carbons (Fsp3) is 0.250. The first kappa shape index (κ1) is 20.0. The summed E-state index contributed by atoms with van der Waals surface area (Å²) in [5.41, 5.74) is 4.53. The zero-order valence-electron chi connectivity index (χ0n) is 15.3. The summed E-state index contributed by atoms with van der Waals surface area (Å²) < 4.78 is 5.13. The summed E-state index contributed by atoms with van der Waals surface area (Å²) in [6.45, 7) is 5.38. The molecule has 0 spiro atoms. The smallest absolute Gasteiger partial charge is 0.271 e. The van der Waals surface area contributed by atoms with Gasteiger partial charge in [-0.3, -0.25) is 4.79 Å². The second-order valence-corrected chi connectivity index (χ2v) is 5.62. The van der Waals surface area contributed by atoms with E-state index in [4.69, 9.17) is 4.74 Å². The molecule has 0 aliphatic rings. The minimum Gasteiger partial charge on any atom is -0.546 e.